The van der Waals surface area contributed by atoms with Crippen molar-refractivity contribution in [2.45, 2.75) is 25.7 Å². The molecule has 0 atom stereocenters. The van der Waals surface area contributed by atoms with Crippen LogP contribution in [0.4, 0.5) is 0 Å². The van der Waals surface area contributed by atoms with Gasteiger partial charge >= 0.3 is 5.97 Å². The molecule has 5 nitrogen and oxygen atoms in total. The topological polar surface area (TPSA) is 74.7 Å². The lowest BCUT2D eigenvalue weighted by Crippen LogP contribution is -2.34. The highest BCUT2D eigenvalue weighted by molar-refractivity contribution is 7.89. The Morgan fingerprint density at radius 3 is 2.29 bits per heavy atom. The van der Waals surface area contributed by atoms with Crippen LogP contribution in [0, 0.1) is 5.92 Å². The number of sulfonamides is 1. The summed E-state index contributed by atoms with van der Waals surface area (Å²) in [7, 11) is -3.87. The summed E-state index contributed by atoms with van der Waals surface area (Å²) in [5, 5.41) is 8.86. The van der Waals surface area contributed by atoms with Gasteiger partial charge in [0.15, 0.2) is 0 Å². The molecule has 0 radical (unpaired) electrons. The van der Waals surface area contributed by atoms with Crippen LogP contribution in [0.25, 0.3) is 0 Å². The largest absolute Gasteiger partial charge is 0.478 e. The number of benzene rings is 1. The van der Waals surface area contributed by atoms with Crippen molar-refractivity contribution < 1.29 is 18.3 Å². The molecule has 0 aliphatic heterocycles. The maximum atomic E-state index is 12.6. The van der Waals surface area contributed by atoms with Crippen molar-refractivity contribution in [3.8, 4) is 0 Å². The van der Waals surface area contributed by atoms with E-state index >= 15 is 0 Å². The van der Waals surface area contributed by atoms with Gasteiger partial charge in [-0.25, -0.2) is 13.2 Å². The van der Waals surface area contributed by atoms with E-state index in [0.29, 0.717) is 6.54 Å². The van der Waals surface area contributed by atoms with E-state index < -0.39 is 16.0 Å². The number of carbonyl (C=O) groups is 1. The van der Waals surface area contributed by atoms with Crippen LogP contribution < -0.4 is 0 Å². The summed E-state index contributed by atoms with van der Waals surface area (Å²) in [4.78, 5) is 10.9. The van der Waals surface area contributed by atoms with Crippen LogP contribution in [0.3, 0.4) is 0 Å². The van der Waals surface area contributed by atoms with E-state index in [1.807, 2.05) is 13.8 Å². The van der Waals surface area contributed by atoms with Crippen LogP contribution in [-0.2, 0) is 10.0 Å². The number of nitrogens with zero attached hydrogens (tertiary/aromatic N) is 1. The fraction of sp³-hybridized carbons (Fsp3) is 0.462. The molecule has 1 rings (SSSR count). The average molecular weight is 354 g/mol. The number of hydrogen-bond acceptors (Lipinski definition) is 3. The maximum Gasteiger partial charge on any atom is 0.337 e. The Labute approximate surface area is 134 Å². The Kier molecular flexibility index (Phi) is 6.04. The highest BCUT2D eigenvalue weighted by Crippen LogP contribution is 2.31. The smallest absolute Gasteiger partial charge is 0.337 e. The summed E-state index contributed by atoms with van der Waals surface area (Å²) in [6.45, 7) is 6.08. The Balaban J connectivity index is 3.43. The average Bonchev–Trinajstić information content (AvgIpc) is 2.34. The number of halogens is 2. The molecular weight excluding hydrogens is 337 g/mol. The molecule has 0 fully saturated rings. The first-order valence-electron chi connectivity index (χ1n) is 6.33. The summed E-state index contributed by atoms with van der Waals surface area (Å²) in [6.07, 6.45) is 0. The van der Waals surface area contributed by atoms with Crippen molar-refractivity contribution in [3.05, 3.63) is 27.7 Å². The molecule has 0 aliphatic carbocycles. The lowest BCUT2D eigenvalue weighted by molar-refractivity contribution is 0.0697. The predicted molar refractivity (Wildman–Crippen MR) is 82.7 cm³/mol. The Bertz CT molecular complexity index is 644. The van der Waals surface area contributed by atoms with Crippen LogP contribution in [-0.4, -0.2) is 36.9 Å². The second-order valence-corrected chi connectivity index (χ2v) is 7.64. The van der Waals surface area contributed by atoms with E-state index in [-0.39, 0.29) is 33.0 Å². The molecule has 0 aliphatic rings. The van der Waals surface area contributed by atoms with E-state index in [1.54, 1.807) is 6.92 Å². The van der Waals surface area contributed by atoms with E-state index in [0.717, 1.165) is 12.1 Å². The number of aromatic carboxylic acids is 1. The highest BCUT2D eigenvalue weighted by Gasteiger charge is 2.28. The standard InChI is InChI=1S/C13H17Cl2NO4S/c1-4-16(7-8(2)3)21(19,20)12-5-9(13(17)18)10(14)6-11(12)15/h5-6,8H,4,7H2,1-3H3,(H,17,18). The molecular formula is C13H17Cl2NO4S. The summed E-state index contributed by atoms with van der Waals surface area (Å²) < 4.78 is 26.5. The quantitative estimate of drug-likeness (QED) is 0.850. The van der Waals surface area contributed by atoms with E-state index in [4.69, 9.17) is 28.3 Å². The van der Waals surface area contributed by atoms with Crippen molar-refractivity contribution >= 4 is 39.2 Å². The molecule has 0 saturated heterocycles. The van der Waals surface area contributed by atoms with Crippen LogP contribution in [0.5, 0.6) is 0 Å². The monoisotopic (exact) mass is 353 g/mol. The van der Waals surface area contributed by atoms with Crippen LogP contribution >= 0.6 is 23.2 Å². The molecule has 1 aromatic rings. The predicted octanol–water partition coefficient (Wildman–Crippen LogP) is 3.36. The van der Waals surface area contributed by atoms with Gasteiger partial charge in [0.05, 0.1) is 15.6 Å². The Morgan fingerprint density at radius 2 is 1.86 bits per heavy atom. The molecule has 0 saturated carbocycles. The minimum atomic E-state index is -3.87. The molecule has 0 bridgehead atoms. The maximum absolute atomic E-state index is 12.6. The zero-order valence-corrected chi connectivity index (χ0v) is 14.3. The molecule has 0 amide bonds. The third-order valence-corrected chi connectivity index (χ3v) is 5.51. The molecule has 0 unspecified atom stereocenters. The lowest BCUT2D eigenvalue weighted by Gasteiger charge is -2.23. The lowest BCUT2D eigenvalue weighted by atomic mass is 10.2. The zero-order valence-electron chi connectivity index (χ0n) is 11.9. The van der Waals surface area contributed by atoms with Gasteiger partial charge < -0.3 is 5.11 Å². The minimum absolute atomic E-state index is 0.0905. The first-order valence-corrected chi connectivity index (χ1v) is 8.53. The van der Waals surface area contributed by atoms with E-state index in [1.165, 1.54) is 4.31 Å². The van der Waals surface area contributed by atoms with Gasteiger partial charge in [-0.3, -0.25) is 0 Å². The van der Waals surface area contributed by atoms with Gasteiger partial charge in [-0.2, -0.15) is 4.31 Å². The first-order chi connectivity index (χ1) is 9.61. The molecule has 8 heteroatoms. The molecule has 118 valence electrons. The van der Waals surface area contributed by atoms with Crippen LogP contribution in [0.1, 0.15) is 31.1 Å². The molecule has 0 heterocycles. The van der Waals surface area contributed by atoms with E-state index in [9.17, 15) is 13.2 Å². The second-order valence-electron chi connectivity index (χ2n) is 4.92. The van der Waals surface area contributed by atoms with Gasteiger partial charge in [0, 0.05) is 13.1 Å². The summed E-state index contributed by atoms with van der Waals surface area (Å²) in [5.41, 5.74) is -0.291. The Morgan fingerprint density at radius 1 is 1.29 bits per heavy atom. The van der Waals surface area contributed by atoms with Crippen molar-refractivity contribution in [2.24, 2.45) is 5.92 Å². The van der Waals surface area contributed by atoms with Gasteiger partial charge in [-0.05, 0) is 18.1 Å². The molecule has 21 heavy (non-hydrogen) atoms. The molecule has 0 aromatic heterocycles. The van der Waals surface area contributed by atoms with Gasteiger partial charge in [0.2, 0.25) is 10.0 Å². The van der Waals surface area contributed by atoms with Crippen molar-refractivity contribution in [2.75, 3.05) is 13.1 Å². The molecule has 0 spiro atoms. The van der Waals surface area contributed by atoms with Crippen molar-refractivity contribution in [1.82, 2.24) is 4.31 Å². The number of hydrogen-bond donors (Lipinski definition) is 1. The van der Waals surface area contributed by atoms with E-state index in [2.05, 4.69) is 0 Å². The van der Waals surface area contributed by atoms with Gasteiger partial charge in [-0.1, -0.05) is 44.0 Å². The second kappa shape index (κ2) is 6.96. The first kappa shape index (κ1) is 18.2. The number of carboxylic acids is 1. The zero-order chi connectivity index (χ0) is 16.4. The SMILES string of the molecule is CCN(CC(C)C)S(=O)(=O)c1cc(C(=O)O)c(Cl)cc1Cl. The molecule has 1 aromatic carbocycles. The van der Waals surface area contributed by atoms with Crippen LogP contribution in [0.15, 0.2) is 17.0 Å². The van der Waals surface area contributed by atoms with Gasteiger partial charge in [0.1, 0.15) is 4.90 Å². The fourth-order valence-corrected chi connectivity index (χ4v) is 4.28. The highest BCUT2D eigenvalue weighted by atomic mass is 35.5. The Hall–Kier alpha value is -0.820. The third-order valence-electron chi connectivity index (χ3n) is 2.79. The normalized spacial score (nSPS) is 12.1. The third kappa shape index (κ3) is 4.10. The van der Waals surface area contributed by atoms with Crippen molar-refractivity contribution in [1.29, 1.82) is 0 Å². The summed E-state index contributed by atoms with van der Waals surface area (Å²) in [6, 6.07) is 2.15. The van der Waals surface area contributed by atoms with Crippen molar-refractivity contribution in [3.63, 3.8) is 0 Å². The number of rotatable bonds is 6. The number of carboxylic acid groups (broad SMARTS) is 1. The van der Waals surface area contributed by atoms with Gasteiger partial charge in [0.25, 0.3) is 0 Å². The minimum Gasteiger partial charge on any atom is -0.478 e. The van der Waals surface area contributed by atoms with Crippen LogP contribution in [0.2, 0.25) is 10.0 Å². The fourth-order valence-electron chi connectivity index (χ4n) is 1.83. The molecule has 1 N–H and O–H groups in total. The summed E-state index contributed by atoms with van der Waals surface area (Å²) >= 11 is 11.7. The van der Waals surface area contributed by atoms with Gasteiger partial charge in [-0.15, -0.1) is 0 Å². The summed E-state index contributed by atoms with van der Waals surface area (Å²) in [5.74, 6) is -1.18.